The summed E-state index contributed by atoms with van der Waals surface area (Å²) in [6, 6.07) is 4.61. The summed E-state index contributed by atoms with van der Waals surface area (Å²) in [6.07, 6.45) is 9.73. The van der Waals surface area contributed by atoms with E-state index in [0.717, 1.165) is 49.2 Å². The lowest BCUT2D eigenvalue weighted by molar-refractivity contribution is 0.396. The van der Waals surface area contributed by atoms with Crippen LogP contribution in [0.15, 0.2) is 27.8 Å². The van der Waals surface area contributed by atoms with E-state index in [1.54, 1.807) is 6.26 Å². The van der Waals surface area contributed by atoms with Crippen LogP contribution in [0.2, 0.25) is 0 Å². The third-order valence-electron chi connectivity index (χ3n) is 5.20. The van der Waals surface area contributed by atoms with Gasteiger partial charge in [0.2, 0.25) is 0 Å². The minimum absolute atomic E-state index is 0. The molecule has 2 aliphatic rings. The lowest BCUT2D eigenvalue weighted by Crippen LogP contribution is -2.45. The van der Waals surface area contributed by atoms with E-state index in [4.69, 9.17) is 9.41 Å². The third-order valence-corrected chi connectivity index (χ3v) is 5.20. The zero-order valence-corrected chi connectivity index (χ0v) is 18.2. The average molecular weight is 484 g/mol. The van der Waals surface area contributed by atoms with Crippen LogP contribution in [0.5, 0.6) is 0 Å². The highest BCUT2D eigenvalue weighted by Crippen LogP contribution is 2.23. The van der Waals surface area contributed by atoms with Crippen molar-refractivity contribution in [3.8, 4) is 0 Å². The number of hydrogen-bond acceptors (Lipinski definition) is 4. The number of hydrogen-bond donors (Lipinski definition) is 2. The van der Waals surface area contributed by atoms with Gasteiger partial charge in [0.25, 0.3) is 0 Å². The molecule has 1 fully saturated rings. The fraction of sp³-hybridized carbons (Fsp3) is 0.632. The molecule has 8 heteroatoms. The van der Waals surface area contributed by atoms with Crippen LogP contribution in [-0.4, -0.2) is 33.3 Å². The summed E-state index contributed by atoms with van der Waals surface area (Å²) in [5.41, 5.74) is 0. The molecule has 0 saturated heterocycles. The van der Waals surface area contributed by atoms with E-state index in [9.17, 15) is 0 Å². The van der Waals surface area contributed by atoms with E-state index in [0.29, 0.717) is 12.6 Å². The minimum Gasteiger partial charge on any atom is -0.469 e. The summed E-state index contributed by atoms with van der Waals surface area (Å²) in [7, 11) is 0. The largest absolute Gasteiger partial charge is 0.469 e. The molecule has 148 valence electrons. The van der Waals surface area contributed by atoms with Crippen molar-refractivity contribution < 1.29 is 4.42 Å². The molecule has 1 unspecified atom stereocenters. The summed E-state index contributed by atoms with van der Waals surface area (Å²) in [5.74, 6) is 3.74. The second-order valence-electron chi connectivity index (χ2n) is 7.26. The molecule has 0 aromatic carbocycles. The van der Waals surface area contributed by atoms with Gasteiger partial charge in [-0.1, -0.05) is 12.8 Å². The van der Waals surface area contributed by atoms with Gasteiger partial charge in [0.05, 0.1) is 12.3 Å². The van der Waals surface area contributed by atoms with E-state index in [2.05, 4.69) is 20.7 Å². The van der Waals surface area contributed by atoms with Gasteiger partial charge in [0, 0.05) is 25.6 Å². The minimum atomic E-state index is 0. The van der Waals surface area contributed by atoms with Crippen LogP contribution in [0.25, 0.3) is 0 Å². The normalized spacial score (nSPS) is 20.2. The first-order chi connectivity index (χ1) is 12.8. The number of halogens is 1. The molecule has 1 saturated carbocycles. The molecular weight excluding hydrogens is 455 g/mol. The molecule has 1 aliphatic heterocycles. The molecule has 0 amide bonds. The van der Waals surface area contributed by atoms with Crippen molar-refractivity contribution in [1.82, 2.24) is 25.4 Å². The van der Waals surface area contributed by atoms with Gasteiger partial charge < -0.3 is 15.1 Å². The Bertz CT molecular complexity index is 735. The van der Waals surface area contributed by atoms with E-state index >= 15 is 0 Å². The molecule has 0 radical (unpaired) electrons. The molecule has 27 heavy (non-hydrogen) atoms. The highest BCUT2D eigenvalue weighted by Gasteiger charge is 2.25. The van der Waals surface area contributed by atoms with Crippen molar-refractivity contribution in [2.75, 3.05) is 6.54 Å². The maximum atomic E-state index is 5.42. The molecule has 4 rings (SSSR count). The van der Waals surface area contributed by atoms with Gasteiger partial charge in [0.1, 0.15) is 17.4 Å². The molecule has 1 atom stereocenters. The van der Waals surface area contributed by atoms with Crippen LogP contribution in [0.3, 0.4) is 0 Å². The second kappa shape index (κ2) is 9.57. The molecule has 0 spiro atoms. The molecule has 0 bridgehead atoms. The maximum Gasteiger partial charge on any atom is 0.192 e. The number of aliphatic imine (C=N–C) groups is 1. The monoisotopic (exact) mass is 484 g/mol. The maximum absolute atomic E-state index is 5.42. The third kappa shape index (κ3) is 5.24. The zero-order chi connectivity index (χ0) is 17.8. The number of rotatable bonds is 5. The summed E-state index contributed by atoms with van der Waals surface area (Å²) < 4.78 is 7.45. The summed E-state index contributed by atoms with van der Waals surface area (Å²) in [4.78, 5) is 9.44. The first kappa shape index (κ1) is 20.2. The fourth-order valence-corrected chi connectivity index (χ4v) is 3.90. The molecular formula is C19H29IN6O. The molecule has 1 aliphatic carbocycles. The SMILES string of the molecule is Cc1nc2n(n1)CCCC2NC(=NCCc1ccco1)NC1CCCC1.I. The van der Waals surface area contributed by atoms with Crippen molar-refractivity contribution in [2.24, 2.45) is 4.99 Å². The molecule has 2 aromatic heterocycles. The Kier molecular flexibility index (Phi) is 7.14. The van der Waals surface area contributed by atoms with E-state index < -0.39 is 0 Å². The van der Waals surface area contributed by atoms with Crippen LogP contribution < -0.4 is 10.6 Å². The predicted octanol–water partition coefficient (Wildman–Crippen LogP) is 3.35. The lowest BCUT2D eigenvalue weighted by atomic mass is 10.1. The Hall–Kier alpha value is -1.58. The number of guanidine groups is 1. The topological polar surface area (TPSA) is 80.3 Å². The number of aromatic nitrogens is 3. The summed E-state index contributed by atoms with van der Waals surface area (Å²) in [5, 5.41) is 11.8. The van der Waals surface area contributed by atoms with Crippen LogP contribution in [0.1, 0.15) is 62.0 Å². The van der Waals surface area contributed by atoms with Gasteiger partial charge in [0.15, 0.2) is 5.96 Å². The zero-order valence-electron chi connectivity index (χ0n) is 15.9. The van der Waals surface area contributed by atoms with Gasteiger partial charge in [-0.05, 0) is 44.7 Å². The first-order valence-electron chi connectivity index (χ1n) is 9.79. The Morgan fingerprint density at radius 2 is 2.11 bits per heavy atom. The van der Waals surface area contributed by atoms with E-state index in [1.165, 1.54) is 25.7 Å². The number of nitrogens with one attached hydrogen (secondary N) is 2. The van der Waals surface area contributed by atoms with Crippen molar-refractivity contribution in [2.45, 2.75) is 70.5 Å². The number of nitrogens with zero attached hydrogens (tertiary/aromatic N) is 4. The smallest absolute Gasteiger partial charge is 0.192 e. The van der Waals surface area contributed by atoms with E-state index in [1.807, 2.05) is 23.7 Å². The standard InChI is InChI=1S/C19H28N6O.HI/c1-14-21-18-17(9-4-12-25(18)24-14)23-19(22-15-6-2-3-7-15)20-11-10-16-8-5-13-26-16;/h5,8,13,15,17H,2-4,6-7,9-12H2,1H3,(H2,20,22,23);1H. The molecule has 3 heterocycles. The Labute approximate surface area is 177 Å². The van der Waals surface area contributed by atoms with E-state index in [-0.39, 0.29) is 30.0 Å². The van der Waals surface area contributed by atoms with Gasteiger partial charge >= 0.3 is 0 Å². The molecule has 7 nitrogen and oxygen atoms in total. The Morgan fingerprint density at radius 1 is 1.26 bits per heavy atom. The number of fused-ring (bicyclic) bond motifs is 1. The highest BCUT2D eigenvalue weighted by molar-refractivity contribution is 14.0. The van der Waals surface area contributed by atoms with Crippen LogP contribution in [-0.2, 0) is 13.0 Å². The average Bonchev–Trinajstić information content (AvgIpc) is 3.36. The second-order valence-corrected chi connectivity index (χ2v) is 7.26. The van der Waals surface area contributed by atoms with Crippen LogP contribution in [0.4, 0.5) is 0 Å². The Morgan fingerprint density at radius 3 is 2.89 bits per heavy atom. The van der Waals surface area contributed by atoms with Gasteiger partial charge in [-0.2, -0.15) is 5.10 Å². The highest BCUT2D eigenvalue weighted by atomic mass is 127. The summed E-state index contributed by atoms with van der Waals surface area (Å²) >= 11 is 0. The lowest BCUT2D eigenvalue weighted by Gasteiger charge is -2.26. The van der Waals surface area contributed by atoms with Crippen LogP contribution >= 0.6 is 24.0 Å². The van der Waals surface area contributed by atoms with Crippen molar-refractivity contribution in [3.05, 3.63) is 35.8 Å². The number of aryl methyl sites for hydroxylation is 2. The number of furan rings is 1. The molecule has 2 N–H and O–H groups in total. The predicted molar refractivity (Wildman–Crippen MR) is 115 cm³/mol. The van der Waals surface area contributed by atoms with Gasteiger partial charge in [-0.15, -0.1) is 24.0 Å². The van der Waals surface area contributed by atoms with Crippen molar-refractivity contribution in [1.29, 1.82) is 0 Å². The van der Waals surface area contributed by atoms with Crippen LogP contribution in [0, 0.1) is 6.92 Å². The van der Waals surface area contributed by atoms with Gasteiger partial charge in [-0.25, -0.2) is 9.67 Å². The van der Waals surface area contributed by atoms with Crippen molar-refractivity contribution in [3.63, 3.8) is 0 Å². The van der Waals surface area contributed by atoms with Gasteiger partial charge in [-0.3, -0.25) is 4.99 Å². The Balaban J connectivity index is 0.00000210. The van der Waals surface area contributed by atoms with Crippen molar-refractivity contribution >= 4 is 29.9 Å². The quantitative estimate of drug-likeness (QED) is 0.387. The fourth-order valence-electron chi connectivity index (χ4n) is 3.90. The summed E-state index contributed by atoms with van der Waals surface area (Å²) in [6.45, 7) is 3.61. The molecule has 2 aromatic rings. The first-order valence-corrected chi connectivity index (χ1v) is 9.79.